The Balaban J connectivity index is 2.13. The summed E-state index contributed by atoms with van der Waals surface area (Å²) in [5.41, 5.74) is 10.7. The average Bonchev–Trinajstić information content (AvgIpc) is 2.32. The van der Waals surface area contributed by atoms with Crippen LogP contribution in [0, 0.1) is 0 Å². The Hall–Kier alpha value is -1.26. The van der Waals surface area contributed by atoms with Crippen molar-refractivity contribution in [2.75, 3.05) is 24.3 Å². The molecule has 0 aliphatic carbocycles. The molecule has 1 saturated heterocycles. The number of nitrogen functional groups attached to an aromatic ring is 1. The monoisotopic (exact) mass is 221 g/mol. The summed E-state index contributed by atoms with van der Waals surface area (Å²) in [7, 11) is 1.66. The molecule has 1 heterocycles. The molecule has 4 nitrogen and oxygen atoms in total. The Bertz CT molecular complexity index is 324. The largest absolute Gasteiger partial charge is 0.399 e. The number of benzene rings is 1. The van der Waals surface area contributed by atoms with Crippen LogP contribution in [0.2, 0.25) is 0 Å². The highest BCUT2D eigenvalue weighted by Crippen LogP contribution is 2.24. The Kier molecular flexibility index (Phi) is 3.64. The quantitative estimate of drug-likeness (QED) is 0.603. The van der Waals surface area contributed by atoms with Crippen molar-refractivity contribution >= 4 is 11.4 Å². The average molecular weight is 221 g/mol. The van der Waals surface area contributed by atoms with Crippen molar-refractivity contribution in [3.8, 4) is 0 Å². The van der Waals surface area contributed by atoms with Gasteiger partial charge >= 0.3 is 0 Å². The van der Waals surface area contributed by atoms with Gasteiger partial charge in [-0.05, 0) is 43.5 Å². The molecule has 2 rings (SSSR count). The number of nitrogens with one attached hydrogen (secondary N) is 1. The van der Waals surface area contributed by atoms with Gasteiger partial charge in [0.05, 0.1) is 7.11 Å². The van der Waals surface area contributed by atoms with Crippen LogP contribution in [0.25, 0.3) is 0 Å². The van der Waals surface area contributed by atoms with Crippen LogP contribution in [0.15, 0.2) is 24.3 Å². The second kappa shape index (κ2) is 5.18. The van der Waals surface area contributed by atoms with E-state index in [2.05, 4.69) is 22.5 Å². The molecular weight excluding hydrogens is 202 g/mol. The number of rotatable bonds is 3. The number of hydrogen-bond donors (Lipinski definition) is 2. The lowest BCUT2D eigenvalue weighted by Crippen LogP contribution is -2.48. The maximum atomic E-state index is 5.69. The topological polar surface area (TPSA) is 50.5 Å². The van der Waals surface area contributed by atoms with Gasteiger partial charge in [0, 0.05) is 17.9 Å². The first-order valence-corrected chi connectivity index (χ1v) is 5.72. The molecule has 1 aromatic carbocycles. The summed E-state index contributed by atoms with van der Waals surface area (Å²) in [4.78, 5) is 7.37. The normalized spacial score (nSPS) is 21.1. The van der Waals surface area contributed by atoms with Gasteiger partial charge < -0.3 is 15.5 Å². The van der Waals surface area contributed by atoms with Crippen molar-refractivity contribution in [3.63, 3.8) is 0 Å². The van der Waals surface area contributed by atoms with Crippen LogP contribution in [0.3, 0.4) is 0 Å². The second-order valence-corrected chi connectivity index (χ2v) is 4.12. The molecule has 0 aromatic heterocycles. The molecule has 16 heavy (non-hydrogen) atoms. The Labute approximate surface area is 96.3 Å². The van der Waals surface area contributed by atoms with Crippen LogP contribution >= 0.6 is 0 Å². The molecular formula is C12H19N3O. The van der Waals surface area contributed by atoms with Gasteiger partial charge in [-0.2, -0.15) is 5.48 Å². The molecule has 0 radical (unpaired) electrons. The Morgan fingerprint density at radius 2 is 2.06 bits per heavy atom. The molecule has 4 heteroatoms. The molecule has 3 N–H and O–H groups in total. The molecule has 1 aromatic rings. The van der Waals surface area contributed by atoms with Crippen LogP contribution in [0.4, 0.5) is 11.4 Å². The smallest absolute Gasteiger partial charge is 0.102 e. The highest BCUT2D eigenvalue weighted by molar-refractivity contribution is 5.53. The van der Waals surface area contributed by atoms with Gasteiger partial charge in [0.25, 0.3) is 0 Å². The van der Waals surface area contributed by atoms with E-state index in [1.54, 1.807) is 7.11 Å². The van der Waals surface area contributed by atoms with Crippen molar-refractivity contribution in [1.29, 1.82) is 0 Å². The molecule has 0 amide bonds. The van der Waals surface area contributed by atoms with E-state index in [4.69, 9.17) is 10.6 Å². The molecule has 1 atom stereocenters. The summed E-state index contributed by atoms with van der Waals surface area (Å²) in [6.07, 6.45) is 3.85. The van der Waals surface area contributed by atoms with E-state index in [1.165, 1.54) is 18.5 Å². The molecule has 0 saturated carbocycles. The lowest BCUT2D eigenvalue weighted by molar-refractivity contribution is 0.0520. The second-order valence-electron chi connectivity index (χ2n) is 4.12. The van der Waals surface area contributed by atoms with Gasteiger partial charge in [0.1, 0.15) is 6.17 Å². The SMILES string of the molecule is CONC1CCCCN1c1ccc(N)cc1. The molecule has 1 aliphatic rings. The van der Waals surface area contributed by atoms with E-state index in [1.807, 2.05) is 12.1 Å². The minimum atomic E-state index is 0.266. The minimum absolute atomic E-state index is 0.266. The lowest BCUT2D eigenvalue weighted by Gasteiger charge is -2.37. The van der Waals surface area contributed by atoms with Gasteiger partial charge in [0.2, 0.25) is 0 Å². The Morgan fingerprint density at radius 1 is 1.31 bits per heavy atom. The zero-order valence-electron chi connectivity index (χ0n) is 9.65. The van der Waals surface area contributed by atoms with Gasteiger partial charge in [-0.15, -0.1) is 0 Å². The predicted octanol–water partition coefficient (Wildman–Crippen LogP) is 1.74. The standard InChI is InChI=1S/C12H19N3O/c1-16-14-12-4-2-3-9-15(12)11-7-5-10(13)6-8-11/h5-8,12,14H,2-4,9,13H2,1H3. The zero-order chi connectivity index (χ0) is 11.4. The van der Waals surface area contributed by atoms with Gasteiger partial charge in [-0.3, -0.25) is 0 Å². The summed E-state index contributed by atoms with van der Waals surface area (Å²) < 4.78 is 0. The first kappa shape index (κ1) is 11.2. The first-order chi connectivity index (χ1) is 7.81. The lowest BCUT2D eigenvalue weighted by atomic mass is 10.1. The van der Waals surface area contributed by atoms with Gasteiger partial charge in [0.15, 0.2) is 0 Å². The minimum Gasteiger partial charge on any atom is -0.399 e. The van der Waals surface area contributed by atoms with E-state index in [0.29, 0.717) is 0 Å². The van der Waals surface area contributed by atoms with Crippen molar-refractivity contribution in [3.05, 3.63) is 24.3 Å². The molecule has 0 bridgehead atoms. The number of nitrogens with two attached hydrogens (primary N) is 1. The third-order valence-electron chi connectivity index (χ3n) is 2.98. The number of nitrogens with zero attached hydrogens (tertiary/aromatic N) is 1. The van der Waals surface area contributed by atoms with E-state index in [-0.39, 0.29) is 6.17 Å². The summed E-state index contributed by atoms with van der Waals surface area (Å²) in [5.74, 6) is 0. The summed E-state index contributed by atoms with van der Waals surface area (Å²) in [6, 6.07) is 8.00. The number of anilines is 2. The zero-order valence-corrected chi connectivity index (χ0v) is 9.65. The van der Waals surface area contributed by atoms with E-state index < -0.39 is 0 Å². The maximum absolute atomic E-state index is 5.69. The Morgan fingerprint density at radius 3 is 2.75 bits per heavy atom. The summed E-state index contributed by atoms with van der Waals surface area (Å²) in [6.45, 7) is 1.06. The fourth-order valence-corrected chi connectivity index (χ4v) is 2.16. The summed E-state index contributed by atoms with van der Waals surface area (Å²) in [5, 5.41) is 0. The highest BCUT2D eigenvalue weighted by Gasteiger charge is 2.22. The van der Waals surface area contributed by atoms with E-state index >= 15 is 0 Å². The van der Waals surface area contributed by atoms with Crippen molar-refractivity contribution < 1.29 is 4.84 Å². The number of hydroxylamine groups is 1. The van der Waals surface area contributed by atoms with Crippen molar-refractivity contribution in [2.24, 2.45) is 0 Å². The highest BCUT2D eigenvalue weighted by atomic mass is 16.6. The molecule has 88 valence electrons. The summed E-state index contributed by atoms with van der Waals surface area (Å²) >= 11 is 0. The van der Waals surface area contributed by atoms with E-state index in [9.17, 15) is 0 Å². The van der Waals surface area contributed by atoms with Gasteiger partial charge in [-0.1, -0.05) is 0 Å². The number of hydrogen-bond acceptors (Lipinski definition) is 4. The van der Waals surface area contributed by atoms with Crippen molar-refractivity contribution in [2.45, 2.75) is 25.4 Å². The van der Waals surface area contributed by atoms with Crippen LogP contribution in [0.5, 0.6) is 0 Å². The molecule has 1 fully saturated rings. The fraction of sp³-hybridized carbons (Fsp3) is 0.500. The van der Waals surface area contributed by atoms with Crippen LogP contribution in [0.1, 0.15) is 19.3 Å². The predicted molar refractivity (Wildman–Crippen MR) is 66.0 cm³/mol. The molecule has 0 spiro atoms. The van der Waals surface area contributed by atoms with Crippen LogP contribution < -0.4 is 16.1 Å². The molecule has 1 aliphatic heterocycles. The first-order valence-electron chi connectivity index (χ1n) is 5.72. The number of piperidine rings is 1. The van der Waals surface area contributed by atoms with Crippen LogP contribution in [-0.2, 0) is 4.84 Å². The third-order valence-corrected chi connectivity index (χ3v) is 2.98. The third kappa shape index (κ3) is 2.46. The van der Waals surface area contributed by atoms with Crippen molar-refractivity contribution in [1.82, 2.24) is 5.48 Å². The van der Waals surface area contributed by atoms with E-state index in [0.717, 1.165) is 18.7 Å². The fourth-order valence-electron chi connectivity index (χ4n) is 2.16. The molecule has 1 unspecified atom stereocenters. The van der Waals surface area contributed by atoms with Gasteiger partial charge in [-0.25, -0.2) is 0 Å². The maximum Gasteiger partial charge on any atom is 0.102 e. The van der Waals surface area contributed by atoms with Crippen LogP contribution in [-0.4, -0.2) is 19.8 Å².